The van der Waals surface area contributed by atoms with Crippen molar-refractivity contribution in [3.63, 3.8) is 0 Å². The number of rotatable bonds is 2. The van der Waals surface area contributed by atoms with Crippen LogP contribution < -0.4 is 11.1 Å². The number of nitrogen functional groups attached to an aromatic ring is 1. The molecule has 20 heavy (non-hydrogen) atoms. The molecule has 0 heterocycles. The van der Waals surface area contributed by atoms with Crippen molar-refractivity contribution in [1.29, 1.82) is 0 Å². The van der Waals surface area contributed by atoms with E-state index >= 15 is 0 Å². The molecular weight excluding hydrogens is 357 g/mol. The van der Waals surface area contributed by atoms with E-state index in [-0.39, 0.29) is 10.7 Å². The van der Waals surface area contributed by atoms with Gasteiger partial charge in [-0.15, -0.1) is 0 Å². The van der Waals surface area contributed by atoms with Gasteiger partial charge in [-0.2, -0.15) is 13.2 Å². The lowest BCUT2D eigenvalue weighted by Gasteiger charge is -2.16. The SMILES string of the molecule is Nc1ccc(Cl)c(Nc2cc(Br)ccc2C(F)(F)F)c1. The zero-order valence-electron chi connectivity index (χ0n) is 9.93. The van der Waals surface area contributed by atoms with Crippen LogP contribution in [0.5, 0.6) is 0 Å². The largest absolute Gasteiger partial charge is 0.418 e. The van der Waals surface area contributed by atoms with Crippen molar-refractivity contribution in [2.75, 3.05) is 11.1 Å². The quantitative estimate of drug-likeness (QED) is 0.695. The van der Waals surface area contributed by atoms with Crippen molar-refractivity contribution in [3.05, 3.63) is 51.5 Å². The van der Waals surface area contributed by atoms with E-state index < -0.39 is 11.7 Å². The molecule has 0 spiro atoms. The topological polar surface area (TPSA) is 38.0 Å². The molecule has 7 heteroatoms. The van der Waals surface area contributed by atoms with Crippen LogP contribution in [0.15, 0.2) is 40.9 Å². The summed E-state index contributed by atoms with van der Waals surface area (Å²) < 4.78 is 39.4. The van der Waals surface area contributed by atoms with Gasteiger partial charge in [-0.05, 0) is 36.4 Å². The number of hydrogen-bond acceptors (Lipinski definition) is 2. The molecule has 0 radical (unpaired) electrons. The third kappa shape index (κ3) is 3.37. The van der Waals surface area contributed by atoms with E-state index in [4.69, 9.17) is 17.3 Å². The van der Waals surface area contributed by atoms with Gasteiger partial charge in [-0.3, -0.25) is 0 Å². The Morgan fingerprint density at radius 1 is 1.05 bits per heavy atom. The first-order valence-corrected chi connectivity index (χ1v) is 6.63. The number of benzene rings is 2. The van der Waals surface area contributed by atoms with Crippen LogP contribution >= 0.6 is 27.5 Å². The number of halogens is 5. The predicted molar refractivity (Wildman–Crippen MR) is 78.3 cm³/mol. The molecule has 0 fully saturated rings. The molecule has 0 aliphatic rings. The van der Waals surface area contributed by atoms with Gasteiger partial charge in [0.05, 0.1) is 22.0 Å². The highest BCUT2D eigenvalue weighted by Crippen LogP contribution is 2.38. The fourth-order valence-electron chi connectivity index (χ4n) is 1.65. The summed E-state index contributed by atoms with van der Waals surface area (Å²) in [7, 11) is 0. The van der Waals surface area contributed by atoms with Gasteiger partial charge in [-0.1, -0.05) is 27.5 Å². The van der Waals surface area contributed by atoms with E-state index in [1.165, 1.54) is 24.3 Å². The highest BCUT2D eigenvalue weighted by atomic mass is 79.9. The number of nitrogens with one attached hydrogen (secondary N) is 1. The fourth-order valence-corrected chi connectivity index (χ4v) is 2.18. The summed E-state index contributed by atoms with van der Waals surface area (Å²) >= 11 is 9.09. The molecule has 2 aromatic rings. The summed E-state index contributed by atoms with van der Waals surface area (Å²) in [5, 5.41) is 2.95. The van der Waals surface area contributed by atoms with Gasteiger partial charge in [-0.25, -0.2) is 0 Å². The summed E-state index contributed by atoms with van der Waals surface area (Å²) in [6, 6.07) is 8.22. The minimum atomic E-state index is -4.46. The number of hydrogen-bond donors (Lipinski definition) is 2. The van der Waals surface area contributed by atoms with Crippen LogP contribution in [0.1, 0.15) is 5.56 Å². The van der Waals surface area contributed by atoms with Gasteiger partial charge in [0.2, 0.25) is 0 Å². The van der Waals surface area contributed by atoms with Gasteiger partial charge in [0.25, 0.3) is 0 Å². The molecule has 0 aliphatic heterocycles. The highest BCUT2D eigenvalue weighted by molar-refractivity contribution is 9.10. The van der Waals surface area contributed by atoms with E-state index in [1.54, 1.807) is 6.07 Å². The third-order valence-corrected chi connectivity index (χ3v) is 3.37. The predicted octanol–water partition coefficient (Wildman–Crippen LogP) is 5.45. The monoisotopic (exact) mass is 364 g/mol. The van der Waals surface area contributed by atoms with Crippen molar-refractivity contribution in [2.45, 2.75) is 6.18 Å². The van der Waals surface area contributed by atoms with E-state index in [1.807, 2.05) is 0 Å². The molecule has 2 aromatic carbocycles. The standard InChI is InChI=1S/C13H9BrClF3N2/c14-7-1-3-9(13(16,17)18)11(5-7)20-12-6-8(19)2-4-10(12)15/h1-6,20H,19H2. The van der Waals surface area contributed by atoms with Crippen LogP contribution in [0.3, 0.4) is 0 Å². The summed E-state index contributed by atoms with van der Waals surface area (Å²) in [4.78, 5) is 0. The van der Waals surface area contributed by atoms with Crippen molar-refractivity contribution in [1.82, 2.24) is 0 Å². The van der Waals surface area contributed by atoms with E-state index in [0.29, 0.717) is 15.8 Å². The van der Waals surface area contributed by atoms with E-state index in [0.717, 1.165) is 6.07 Å². The maximum atomic E-state index is 12.9. The number of alkyl halides is 3. The Balaban J connectivity index is 2.47. The summed E-state index contributed by atoms with van der Waals surface area (Å²) in [5.41, 5.74) is 5.45. The molecule has 106 valence electrons. The molecule has 0 saturated heterocycles. The first-order valence-electron chi connectivity index (χ1n) is 5.46. The fraction of sp³-hybridized carbons (Fsp3) is 0.0769. The second kappa shape index (κ2) is 5.54. The van der Waals surface area contributed by atoms with Gasteiger partial charge < -0.3 is 11.1 Å². The molecule has 0 atom stereocenters. The Bertz CT molecular complexity index is 644. The second-order valence-electron chi connectivity index (χ2n) is 4.05. The molecule has 0 aromatic heterocycles. The Hall–Kier alpha value is -1.40. The lowest BCUT2D eigenvalue weighted by Crippen LogP contribution is -2.09. The maximum absolute atomic E-state index is 12.9. The normalized spacial score (nSPS) is 11.4. The zero-order valence-corrected chi connectivity index (χ0v) is 12.3. The summed E-state index contributed by atoms with van der Waals surface area (Å²) in [6.45, 7) is 0. The smallest absolute Gasteiger partial charge is 0.399 e. The molecule has 3 N–H and O–H groups in total. The van der Waals surface area contributed by atoms with Crippen LogP contribution in [0.4, 0.5) is 30.2 Å². The lowest BCUT2D eigenvalue weighted by molar-refractivity contribution is -0.136. The summed E-state index contributed by atoms with van der Waals surface area (Å²) in [5.74, 6) is 0. The number of nitrogens with two attached hydrogens (primary N) is 1. The average Bonchev–Trinajstić information content (AvgIpc) is 2.32. The first-order chi connectivity index (χ1) is 9.27. The molecule has 0 bridgehead atoms. The van der Waals surface area contributed by atoms with Crippen molar-refractivity contribution in [2.24, 2.45) is 0 Å². The van der Waals surface area contributed by atoms with Crippen molar-refractivity contribution < 1.29 is 13.2 Å². The minimum Gasteiger partial charge on any atom is -0.399 e. The third-order valence-electron chi connectivity index (χ3n) is 2.55. The molecule has 2 nitrogen and oxygen atoms in total. The molecule has 0 aliphatic carbocycles. The molecule has 0 amide bonds. The number of anilines is 3. The highest BCUT2D eigenvalue weighted by Gasteiger charge is 2.33. The van der Waals surface area contributed by atoms with E-state index in [9.17, 15) is 13.2 Å². The Morgan fingerprint density at radius 2 is 1.75 bits per heavy atom. The molecule has 2 rings (SSSR count). The van der Waals surface area contributed by atoms with Gasteiger partial charge in [0, 0.05) is 10.2 Å². The Kier molecular flexibility index (Phi) is 4.15. The van der Waals surface area contributed by atoms with E-state index in [2.05, 4.69) is 21.2 Å². The van der Waals surface area contributed by atoms with Gasteiger partial charge in [0.15, 0.2) is 0 Å². The van der Waals surface area contributed by atoms with Crippen LogP contribution in [-0.4, -0.2) is 0 Å². The van der Waals surface area contributed by atoms with Gasteiger partial charge >= 0.3 is 6.18 Å². The average molecular weight is 366 g/mol. The first kappa shape index (κ1) is 15.0. The molecule has 0 unspecified atom stereocenters. The molecule has 0 saturated carbocycles. The lowest BCUT2D eigenvalue weighted by atomic mass is 10.1. The second-order valence-corrected chi connectivity index (χ2v) is 5.37. The van der Waals surface area contributed by atoms with Crippen LogP contribution in [0.2, 0.25) is 5.02 Å². The van der Waals surface area contributed by atoms with Crippen LogP contribution in [-0.2, 0) is 6.18 Å². The maximum Gasteiger partial charge on any atom is 0.418 e. The Labute approximate surface area is 126 Å². The Morgan fingerprint density at radius 3 is 2.40 bits per heavy atom. The van der Waals surface area contributed by atoms with Crippen LogP contribution in [0.25, 0.3) is 0 Å². The summed E-state index contributed by atoms with van der Waals surface area (Å²) in [6.07, 6.45) is -4.46. The van der Waals surface area contributed by atoms with Gasteiger partial charge in [0.1, 0.15) is 0 Å². The van der Waals surface area contributed by atoms with Crippen molar-refractivity contribution in [3.8, 4) is 0 Å². The zero-order chi connectivity index (χ0) is 14.9. The molecular formula is C13H9BrClF3N2. The minimum absolute atomic E-state index is 0.0978. The van der Waals surface area contributed by atoms with Crippen molar-refractivity contribution >= 4 is 44.6 Å². The van der Waals surface area contributed by atoms with Crippen LogP contribution in [0, 0.1) is 0 Å².